The quantitative estimate of drug-likeness (QED) is 0.0230. The van der Waals surface area contributed by atoms with Crippen molar-refractivity contribution in [1.29, 1.82) is 0 Å². The van der Waals surface area contributed by atoms with E-state index in [2.05, 4.69) is 57.2 Å². The number of carbonyl (C=O) groups excluding carboxylic acids is 3. The fourth-order valence-electron chi connectivity index (χ4n) is 7.14. The molecule has 12 nitrogen and oxygen atoms in total. The first-order chi connectivity index (χ1) is 30.6. The Kier molecular flexibility index (Phi) is 36.8. The number of aliphatic hydroxyl groups is 2. The molecule has 0 bridgehead atoms. The van der Waals surface area contributed by atoms with E-state index >= 15 is 0 Å². The first-order valence-electron chi connectivity index (χ1n) is 24.6. The highest BCUT2D eigenvalue weighted by Gasteiger charge is 2.50. The predicted molar refractivity (Wildman–Crippen MR) is 248 cm³/mol. The van der Waals surface area contributed by atoms with Crippen LogP contribution in [0.3, 0.4) is 0 Å². The van der Waals surface area contributed by atoms with Gasteiger partial charge in [0, 0.05) is 19.3 Å². The Balaban J connectivity index is 2.80. The maximum absolute atomic E-state index is 13.0. The molecule has 1 aliphatic rings. The van der Waals surface area contributed by atoms with E-state index in [1.165, 1.54) is 70.6 Å². The molecule has 0 spiro atoms. The molecular formula is C51H86O12. The van der Waals surface area contributed by atoms with E-state index in [0.717, 1.165) is 70.6 Å². The van der Waals surface area contributed by atoms with Gasteiger partial charge in [-0.3, -0.25) is 14.4 Å². The lowest BCUT2D eigenvalue weighted by molar-refractivity contribution is -0.301. The standard InChI is InChI=1S/C51H86O12/c1-4-7-10-13-16-19-21-22-24-26-28-31-34-37-43(52)59-40-42(61-44(53)38-35-32-30-27-23-20-17-14-11-8-5-2)41-60-51-49(47(56)46(55)48(63-51)50(57)58)62-45(54)39-36-33-29-25-18-15-12-9-6-3/h7,10,16,19,22,24,28,31,42,46-49,51,55-56H,4-6,8-9,11-15,17-18,20-21,23,25-27,29-30,32-41H2,1-3H3,(H,57,58)/b10-7-,19-16-,24-22-,31-28-. The Morgan fingerprint density at radius 1 is 0.540 bits per heavy atom. The van der Waals surface area contributed by atoms with Crippen LogP contribution in [0.1, 0.15) is 201 Å². The smallest absolute Gasteiger partial charge is 0.335 e. The average molecular weight is 891 g/mol. The third-order valence-corrected chi connectivity index (χ3v) is 10.9. The number of carbonyl (C=O) groups is 4. The van der Waals surface area contributed by atoms with E-state index in [1.807, 2.05) is 12.2 Å². The number of allylic oxidation sites excluding steroid dienone is 8. The molecule has 1 saturated heterocycles. The molecule has 0 aromatic rings. The zero-order chi connectivity index (χ0) is 46.2. The summed E-state index contributed by atoms with van der Waals surface area (Å²) in [4.78, 5) is 50.5. The molecule has 362 valence electrons. The zero-order valence-electron chi connectivity index (χ0n) is 39.3. The Morgan fingerprint density at radius 2 is 1.00 bits per heavy atom. The summed E-state index contributed by atoms with van der Waals surface area (Å²) in [5, 5.41) is 31.2. The lowest BCUT2D eigenvalue weighted by Crippen LogP contribution is -2.61. The van der Waals surface area contributed by atoms with Crippen LogP contribution in [0.15, 0.2) is 48.6 Å². The largest absolute Gasteiger partial charge is 0.479 e. The van der Waals surface area contributed by atoms with E-state index in [-0.39, 0.29) is 25.9 Å². The first kappa shape index (κ1) is 57.7. The van der Waals surface area contributed by atoms with Gasteiger partial charge in [-0.1, -0.05) is 185 Å². The summed E-state index contributed by atoms with van der Waals surface area (Å²) < 4.78 is 28.1. The zero-order valence-corrected chi connectivity index (χ0v) is 39.3. The number of hydrogen-bond donors (Lipinski definition) is 3. The van der Waals surface area contributed by atoms with E-state index in [4.69, 9.17) is 23.7 Å². The van der Waals surface area contributed by atoms with Gasteiger partial charge in [0.15, 0.2) is 24.6 Å². The predicted octanol–water partition coefficient (Wildman–Crippen LogP) is 11.1. The summed E-state index contributed by atoms with van der Waals surface area (Å²) >= 11 is 0. The maximum atomic E-state index is 13.0. The second-order valence-corrected chi connectivity index (χ2v) is 16.7. The highest BCUT2D eigenvalue weighted by Crippen LogP contribution is 2.26. The molecule has 0 amide bonds. The van der Waals surface area contributed by atoms with Gasteiger partial charge in [-0.2, -0.15) is 0 Å². The number of carboxylic acids is 1. The Morgan fingerprint density at radius 3 is 1.49 bits per heavy atom. The van der Waals surface area contributed by atoms with E-state index < -0.39 is 67.3 Å². The van der Waals surface area contributed by atoms with E-state index in [1.54, 1.807) is 0 Å². The van der Waals surface area contributed by atoms with Crippen LogP contribution in [-0.2, 0) is 42.9 Å². The number of rotatable bonds is 40. The van der Waals surface area contributed by atoms with Crippen molar-refractivity contribution in [2.24, 2.45) is 0 Å². The molecule has 3 N–H and O–H groups in total. The highest BCUT2D eigenvalue weighted by molar-refractivity contribution is 5.74. The second kappa shape index (κ2) is 40.2. The molecule has 0 aromatic heterocycles. The van der Waals surface area contributed by atoms with Crippen molar-refractivity contribution in [3.05, 3.63) is 48.6 Å². The Bertz CT molecular complexity index is 1290. The van der Waals surface area contributed by atoms with Gasteiger partial charge in [0.1, 0.15) is 18.8 Å². The summed E-state index contributed by atoms with van der Waals surface area (Å²) in [6, 6.07) is 0. The highest BCUT2D eigenvalue weighted by atomic mass is 16.7. The molecule has 6 unspecified atom stereocenters. The minimum atomic E-state index is -1.90. The summed E-state index contributed by atoms with van der Waals surface area (Å²) in [5.41, 5.74) is 0. The van der Waals surface area contributed by atoms with Crippen LogP contribution >= 0.6 is 0 Å². The summed E-state index contributed by atoms with van der Waals surface area (Å²) in [6.07, 6.45) is 32.9. The van der Waals surface area contributed by atoms with E-state index in [9.17, 15) is 34.5 Å². The van der Waals surface area contributed by atoms with Crippen molar-refractivity contribution in [3.8, 4) is 0 Å². The van der Waals surface area contributed by atoms with Gasteiger partial charge in [0.2, 0.25) is 0 Å². The van der Waals surface area contributed by atoms with Gasteiger partial charge in [-0.25, -0.2) is 4.79 Å². The molecule has 0 saturated carbocycles. The lowest BCUT2D eigenvalue weighted by Gasteiger charge is -2.40. The lowest BCUT2D eigenvalue weighted by atomic mass is 9.98. The minimum Gasteiger partial charge on any atom is -0.479 e. The third-order valence-electron chi connectivity index (χ3n) is 10.9. The second-order valence-electron chi connectivity index (χ2n) is 16.7. The summed E-state index contributed by atoms with van der Waals surface area (Å²) in [7, 11) is 0. The molecule has 1 fully saturated rings. The van der Waals surface area contributed by atoms with Crippen LogP contribution in [0.5, 0.6) is 0 Å². The molecule has 12 heteroatoms. The van der Waals surface area contributed by atoms with Crippen molar-refractivity contribution in [3.63, 3.8) is 0 Å². The van der Waals surface area contributed by atoms with Crippen LogP contribution in [-0.4, -0.2) is 89.2 Å². The molecule has 0 aromatic carbocycles. The Labute approximate surface area is 380 Å². The van der Waals surface area contributed by atoms with Crippen molar-refractivity contribution in [1.82, 2.24) is 0 Å². The van der Waals surface area contributed by atoms with Crippen molar-refractivity contribution in [2.45, 2.75) is 237 Å². The van der Waals surface area contributed by atoms with Gasteiger partial charge in [0.05, 0.1) is 6.61 Å². The average Bonchev–Trinajstić information content (AvgIpc) is 3.26. The molecule has 0 aliphatic carbocycles. The SMILES string of the molecule is CC/C=C\C/C=C\C/C=C\C/C=C\CCC(=O)OCC(COC1OC(C(=O)O)C(O)C(O)C1OC(=O)CCCCCCCCCCC)OC(=O)CCCCCCCCCCCCC. The molecule has 0 radical (unpaired) electrons. The number of aliphatic hydroxyl groups excluding tert-OH is 2. The van der Waals surface area contributed by atoms with Gasteiger partial charge >= 0.3 is 23.9 Å². The van der Waals surface area contributed by atoms with Crippen molar-refractivity contribution in [2.75, 3.05) is 13.2 Å². The maximum Gasteiger partial charge on any atom is 0.335 e. The molecule has 63 heavy (non-hydrogen) atoms. The summed E-state index contributed by atoms with van der Waals surface area (Å²) in [6.45, 7) is 5.73. The number of unbranched alkanes of at least 4 members (excludes halogenated alkanes) is 18. The minimum absolute atomic E-state index is 0.0559. The number of ether oxygens (including phenoxy) is 5. The van der Waals surface area contributed by atoms with Gasteiger partial charge in [-0.15, -0.1) is 0 Å². The van der Waals surface area contributed by atoms with Gasteiger partial charge in [-0.05, 0) is 44.9 Å². The van der Waals surface area contributed by atoms with Gasteiger partial charge < -0.3 is 39.0 Å². The van der Waals surface area contributed by atoms with Crippen LogP contribution in [0, 0.1) is 0 Å². The first-order valence-corrected chi connectivity index (χ1v) is 24.6. The molecular weight excluding hydrogens is 805 g/mol. The third kappa shape index (κ3) is 31.2. The topological polar surface area (TPSA) is 175 Å². The fourth-order valence-corrected chi connectivity index (χ4v) is 7.14. The molecule has 1 heterocycles. The molecule has 1 rings (SSSR count). The molecule has 1 aliphatic heterocycles. The number of carboxylic acid groups (broad SMARTS) is 1. The number of esters is 3. The fraction of sp³-hybridized carbons (Fsp3) is 0.765. The Hall–Kier alpha value is -3.32. The molecule has 6 atom stereocenters. The van der Waals surface area contributed by atoms with Crippen molar-refractivity contribution >= 4 is 23.9 Å². The van der Waals surface area contributed by atoms with Crippen LogP contribution in [0.4, 0.5) is 0 Å². The van der Waals surface area contributed by atoms with Crippen LogP contribution < -0.4 is 0 Å². The normalized spacial score (nSPS) is 19.7. The van der Waals surface area contributed by atoms with Crippen molar-refractivity contribution < 1.29 is 58.2 Å². The number of hydrogen-bond acceptors (Lipinski definition) is 11. The summed E-state index contributed by atoms with van der Waals surface area (Å²) in [5.74, 6) is -3.22. The van der Waals surface area contributed by atoms with Gasteiger partial charge in [0.25, 0.3) is 0 Å². The van der Waals surface area contributed by atoms with Crippen LogP contribution in [0.2, 0.25) is 0 Å². The van der Waals surface area contributed by atoms with Crippen LogP contribution in [0.25, 0.3) is 0 Å². The number of aliphatic carboxylic acids is 1. The van der Waals surface area contributed by atoms with E-state index in [0.29, 0.717) is 19.3 Å². The monoisotopic (exact) mass is 891 g/mol.